The molecule has 0 bridgehead atoms. The van der Waals surface area contributed by atoms with Crippen molar-refractivity contribution in [3.05, 3.63) is 46.6 Å². The van der Waals surface area contributed by atoms with Crippen molar-refractivity contribution in [2.24, 2.45) is 0 Å². The SMILES string of the molecule is CCCOc1c(Cl)cc(C(=O)NCc2ccc(N3CC(C)OC(C)C3)nc2)cc1OC. The number of hydrogen-bond acceptors (Lipinski definition) is 6. The van der Waals surface area contributed by atoms with Crippen LogP contribution in [-0.4, -0.2) is 49.9 Å². The maximum absolute atomic E-state index is 12.6. The molecular weight excluding hydrogens is 418 g/mol. The van der Waals surface area contributed by atoms with Gasteiger partial charge in [-0.3, -0.25) is 4.79 Å². The first-order valence-electron chi connectivity index (χ1n) is 10.5. The van der Waals surface area contributed by atoms with Gasteiger partial charge in [-0.15, -0.1) is 0 Å². The Morgan fingerprint density at radius 2 is 2.03 bits per heavy atom. The number of anilines is 1. The molecule has 0 spiro atoms. The van der Waals surface area contributed by atoms with E-state index in [9.17, 15) is 4.79 Å². The topological polar surface area (TPSA) is 72.9 Å². The number of halogens is 1. The molecule has 1 aromatic carbocycles. The van der Waals surface area contributed by atoms with Crippen molar-refractivity contribution in [2.45, 2.75) is 45.9 Å². The summed E-state index contributed by atoms with van der Waals surface area (Å²) < 4.78 is 16.8. The van der Waals surface area contributed by atoms with Crippen molar-refractivity contribution in [3.8, 4) is 11.5 Å². The number of aromatic nitrogens is 1. The van der Waals surface area contributed by atoms with Crippen LogP contribution in [0.1, 0.15) is 43.1 Å². The highest BCUT2D eigenvalue weighted by atomic mass is 35.5. The molecule has 0 radical (unpaired) electrons. The summed E-state index contributed by atoms with van der Waals surface area (Å²) in [6, 6.07) is 7.18. The molecule has 1 aromatic heterocycles. The lowest BCUT2D eigenvalue weighted by molar-refractivity contribution is -0.00546. The molecule has 31 heavy (non-hydrogen) atoms. The van der Waals surface area contributed by atoms with Gasteiger partial charge in [0.15, 0.2) is 11.5 Å². The number of carbonyl (C=O) groups excluding carboxylic acids is 1. The summed E-state index contributed by atoms with van der Waals surface area (Å²) >= 11 is 6.31. The average Bonchev–Trinajstić information content (AvgIpc) is 2.75. The monoisotopic (exact) mass is 447 g/mol. The minimum atomic E-state index is -0.248. The Balaban J connectivity index is 1.62. The summed E-state index contributed by atoms with van der Waals surface area (Å²) in [5.41, 5.74) is 1.32. The predicted octanol–water partition coefficient (Wildman–Crippen LogP) is 4.08. The summed E-state index contributed by atoms with van der Waals surface area (Å²) in [6.45, 7) is 8.64. The summed E-state index contributed by atoms with van der Waals surface area (Å²) in [6.07, 6.45) is 2.98. The van der Waals surface area contributed by atoms with Gasteiger partial charge in [-0.1, -0.05) is 24.6 Å². The number of amides is 1. The summed E-state index contributed by atoms with van der Waals surface area (Å²) in [5.74, 6) is 1.55. The number of morpholine rings is 1. The number of benzene rings is 1. The van der Waals surface area contributed by atoms with Crippen LogP contribution in [0.4, 0.5) is 5.82 Å². The first-order chi connectivity index (χ1) is 14.9. The van der Waals surface area contributed by atoms with Crippen LogP contribution in [0.5, 0.6) is 11.5 Å². The largest absolute Gasteiger partial charge is 0.493 e. The molecule has 168 valence electrons. The Kier molecular flexibility index (Phi) is 7.98. The van der Waals surface area contributed by atoms with Crippen molar-refractivity contribution >= 4 is 23.3 Å². The summed E-state index contributed by atoms with van der Waals surface area (Å²) in [7, 11) is 1.52. The Labute approximate surface area is 188 Å². The molecule has 2 unspecified atom stereocenters. The fraction of sp³-hybridized carbons (Fsp3) is 0.478. The number of rotatable bonds is 8. The predicted molar refractivity (Wildman–Crippen MR) is 121 cm³/mol. The quantitative estimate of drug-likeness (QED) is 0.657. The summed E-state index contributed by atoms with van der Waals surface area (Å²) in [5, 5.41) is 3.25. The van der Waals surface area contributed by atoms with Gasteiger partial charge < -0.3 is 24.4 Å². The van der Waals surface area contributed by atoms with Gasteiger partial charge in [0, 0.05) is 31.4 Å². The summed E-state index contributed by atoms with van der Waals surface area (Å²) in [4.78, 5) is 19.4. The molecule has 1 N–H and O–H groups in total. The van der Waals surface area contributed by atoms with E-state index in [0.717, 1.165) is 30.9 Å². The molecule has 2 heterocycles. The van der Waals surface area contributed by atoms with Crippen LogP contribution in [0.15, 0.2) is 30.5 Å². The smallest absolute Gasteiger partial charge is 0.251 e. The molecule has 2 aromatic rings. The van der Waals surface area contributed by atoms with Crippen molar-refractivity contribution in [1.82, 2.24) is 10.3 Å². The van der Waals surface area contributed by atoms with Crippen LogP contribution >= 0.6 is 11.6 Å². The third kappa shape index (κ3) is 6.02. The second kappa shape index (κ2) is 10.7. The van der Waals surface area contributed by atoms with Gasteiger partial charge >= 0.3 is 0 Å². The van der Waals surface area contributed by atoms with Crippen LogP contribution in [-0.2, 0) is 11.3 Å². The molecule has 1 amide bonds. The maximum atomic E-state index is 12.6. The van der Waals surface area contributed by atoms with Crippen molar-refractivity contribution in [3.63, 3.8) is 0 Å². The highest BCUT2D eigenvalue weighted by Crippen LogP contribution is 2.36. The standard InChI is InChI=1S/C23H30ClN3O4/c1-5-8-30-22-19(24)9-18(10-20(22)29-4)23(28)26-12-17-6-7-21(25-11-17)27-13-15(2)31-16(3)14-27/h6-7,9-11,15-16H,5,8,12-14H2,1-4H3,(H,26,28). The normalized spacial score (nSPS) is 18.5. The maximum Gasteiger partial charge on any atom is 0.251 e. The molecule has 8 heteroatoms. The second-order valence-electron chi connectivity index (χ2n) is 7.71. The lowest BCUT2D eigenvalue weighted by atomic mass is 10.1. The number of methoxy groups -OCH3 is 1. The van der Waals surface area contributed by atoms with E-state index in [1.807, 2.05) is 19.1 Å². The Morgan fingerprint density at radius 1 is 1.29 bits per heavy atom. The first-order valence-corrected chi connectivity index (χ1v) is 10.9. The van der Waals surface area contributed by atoms with E-state index in [2.05, 4.69) is 29.0 Å². The van der Waals surface area contributed by atoms with Crippen molar-refractivity contribution < 1.29 is 19.0 Å². The van der Waals surface area contributed by atoms with Gasteiger partial charge in [0.2, 0.25) is 0 Å². The fourth-order valence-electron chi connectivity index (χ4n) is 3.55. The number of pyridine rings is 1. The molecule has 0 aliphatic carbocycles. The Bertz CT molecular complexity index is 881. The van der Waals surface area contributed by atoms with Gasteiger partial charge in [-0.2, -0.15) is 0 Å². The molecule has 7 nitrogen and oxygen atoms in total. The zero-order chi connectivity index (χ0) is 22.4. The molecule has 3 rings (SSSR count). The van der Waals surface area contributed by atoms with Crippen LogP contribution in [0.3, 0.4) is 0 Å². The van der Waals surface area contributed by atoms with Crippen LogP contribution in [0.2, 0.25) is 5.02 Å². The molecular formula is C23H30ClN3O4. The van der Waals surface area contributed by atoms with E-state index in [1.165, 1.54) is 7.11 Å². The molecule has 2 atom stereocenters. The molecule has 0 saturated carbocycles. The van der Waals surface area contributed by atoms with Crippen LogP contribution in [0.25, 0.3) is 0 Å². The minimum Gasteiger partial charge on any atom is -0.493 e. The van der Waals surface area contributed by atoms with Crippen molar-refractivity contribution in [2.75, 3.05) is 31.7 Å². The van der Waals surface area contributed by atoms with E-state index >= 15 is 0 Å². The van der Waals surface area contributed by atoms with E-state index in [4.69, 9.17) is 25.8 Å². The second-order valence-corrected chi connectivity index (χ2v) is 8.11. The molecule has 1 aliphatic heterocycles. The zero-order valence-corrected chi connectivity index (χ0v) is 19.2. The van der Waals surface area contributed by atoms with E-state index in [1.54, 1.807) is 18.3 Å². The third-order valence-corrected chi connectivity index (χ3v) is 5.23. The highest BCUT2D eigenvalue weighted by molar-refractivity contribution is 6.32. The molecule has 1 saturated heterocycles. The number of nitrogens with zero attached hydrogens (tertiary/aromatic N) is 2. The van der Waals surface area contributed by atoms with E-state index in [0.29, 0.717) is 35.2 Å². The number of nitrogens with one attached hydrogen (secondary N) is 1. The van der Waals surface area contributed by atoms with Crippen LogP contribution in [0, 0.1) is 0 Å². The van der Waals surface area contributed by atoms with Gasteiger partial charge in [0.25, 0.3) is 5.91 Å². The molecule has 1 aliphatic rings. The third-order valence-electron chi connectivity index (χ3n) is 4.95. The first kappa shape index (κ1) is 23.2. The van der Waals surface area contributed by atoms with Crippen LogP contribution < -0.4 is 19.7 Å². The van der Waals surface area contributed by atoms with Crippen molar-refractivity contribution in [1.29, 1.82) is 0 Å². The number of ether oxygens (including phenoxy) is 3. The van der Waals surface area contributed by atoms with E-state index < -0.39 is 0 Å². The number of carbonyl (C=O) groups is 1. The van der Waals surface area contributed by atoms with E-state index in [-0.39, 0.29) is 18.1 Å². The Morgan fingerprint density at radius 3 is 2.65 bits per heavy atom. The van der Waals surface area contributed by atoms with Gasteiger partial charge in [0.1, 0.15) is 5.82 Å². The lowest BCUT2D eigenvalue weighted by Gasteiger charge is -2.36. The molecule has 1 fully saturated rings. The van der Waals surface area contributed by atoms with Gasteiger partial charge in [-0.25, -0.2) is 4.98 Å². The minimum absolute atomic E-state index is 0.173. The Hall–Kier alpha value is -2.51. The highest BCUT2D eigenvalue weighted by Gasteiger charge is 2.23. The number of hydrogen-bond donors (Lipinski definition) is 1. The lowest BCUT2D eigenvalue weighted by Crippen LogP contribution is -2.45. The van der Waals surface area contributed by atoms with Gasteiger partial charge in [0.05, 0.1) is 30.9 Å². The average molecular weight is 448 g/mol. The van der Waals surface area contributed by atoms with Gasteiger partial charge in [-0.05, 0) is 44.0 Å². The fourth-order valence-corrected chi connectivity index (χ4v) is 3.82. The zero-order valence-electron chi connectivity index (χ0n) is 18.5.